The number of aromatic nitrogens is 2. The maximum absolute atomic E-state index is 11.0. The van der Waals surface area contributed by atoms with Crippen LogP contribution in [0.25, 0.3) is 22.8 Å². The van der Waals surface area contributed by atoms with E-state index in [1.54, 1.807) is 12.1 Å². The Hall–Kier alpha value is -3.70. The van der Waals surface area contributed by atoms with E-state index in [0.717, 1.165) is 37.2 Å². The van der Waals surface area contributed by atoms with Crippen LogP contribution in [0.3, 0.4) is 0 Å². The number of carbonyl (C=O) groups excluding carboxylic acids is 1. The largest absolute Gasteiger partial charge is 0.490 e. The molecule has 0 spiro atoms. The standard InChI is InChI=1S/C26H28N4O4/c1-16(2)33-24-8-6-19(13-21(24)14-27)26-28-25(29-34-26)23-7-5-20-15-30(11-12-32-18(4)31)10-9-22(20)17(23)3/h5-8,13,16H,9-12,15H2,1-4H3. The minimum atomic E-state index is -0.249. The monoisotopic (exact) mass is 460 g/mol. The molecule has 0 aliphatic carbocycles. The molecule has 34 heavy (non-hydrogen) atoms. The van der Waals surface area contributed by atoms with E-state index < -0.39 is 0 Å². The molecule has 0 N–H and O–H groups in total. The molecule has 0 saturated heterocycles. The molecular weight excluding hydrogens is 432 g/mol. The van der Waals surface area contributed by atoms with Crippen molar-refractivity contribution in [3.8, 4) is 34.7 Å². The predicted molar refractivity (Wildman–Crippen MR) is 126 cm³/mol. The summed E-state index contributed by atoms with van der Waals surface area (Å²) in [5.41, 5.74) is 5.73. The minimum Gasteiger partial charge on any atom is -0.490 e. The first-order valence-electron chi connectivity index (χ1n) is 11.4. The third-order valence-electron chi connectivity index (χ3n) is 5.86. The number of esters is 1. The van der Waals surface area contributed by atoms with Crippen molar-refractivity contribution in [3.05, 3.63) is 52.6 Å². The summed E-state index contributed by atoms with van der Waals surface area (Å²) in [6.45, 7) is 10.2. The Bertz CT molecular complexity index is 1240. The summed E-state index contributed by atoms with van der Waals surface area (Å²) in [6, 6.07) is 11.6. The fraction of sp³-hybridized carbons (Fsp3) is 0.385. The van der Waals surface area contributed by atoms with Gasteiger partial charge in [0.2, 0.25) is 5.82 Å². The van der Waals surface area contributed by atoms with Gasteiger partial charge in [-0.1, -0.05) is 17.3 Å². The van der Waals surface area contributed by atoms with E-state index in [9.17, 15) is 10.1 Å². The second-order valence-electron chi connectivity index (χ2n) is 8.65. The fourth-order valence-corrected chi connectivity index (χ4v) is 4.21. The van der Waals surface area contributed by atoms with Crippen LogP contribution < -0.4 is 4.74 Å². The summed E-state index contributed by atoms with van der Waals surface area (Å²) in [5, 5.41) is 13.7. The van der Waals surface area contributed by atoms with Gasteiger partial charge in [-0.3, -0.25) is 9.69 Å². The highest BCUT2D eigenvalue weighted by Gasteiger charge is 2.22. The molecule has 0 unspecified atom stereocenters. The number of hydrogen-bond acceptors (Lipinski definition) is 8. The molecule has 2 heterocycles. The summed E-state index contributed by atoms with van der Waals surface area (Å²) >= 11 is 0. The summed E-state index contributed by atoms with van der Waals surface area (Å²) in [7, 11) is 0. The second kappa shape index (κ2) is 10.1. The van der Waals surface area contributed by atoms with Gasteiger partial charge in [0, 0.05) is 37.7 Å². The molecule has 2 aromatic carbocycles. The Morgan fingerprint density at radius 2 is 2.12 bits per heavy atom. The summed E-state index contributed by atoms with van der Waals surface area (Å²) in [4.78, 5) is 17.9. The van der Waals surface area contributed by atoms with Crippen molar-refractivity contribution in [1.29, 1.82) is 5.26 Å². The third kappa shape index (κ3) is 5.10. The van der Waals surface area contributed by atoms with E-state index in [0.29, 0.717) is 35.2 Å². The van der Waals surface area contributed by atoms with Crippen LogP contribution in [0.2, 0.25) is 0 Å². The topological polar surface area (TPSA) is 101 Å². The number of carbonyl (C=O) groups is 1. The van der Waals surface area contributed by atoms with Crippen LogP contribution in [-0.2, 0) is 22.5 Å². The van der Waals surface area contributed by atoms with Gasteiger partial charge >= 0.3 is 5.97 Å². The number of benzene rings is 2. The Kier molecular flexibility index (Phi) is 6.94. The Morgan fingerprint density at radius 3 is 2.85 bits per heavy atom. The zero-order valence-corrected chi connectivity index (χ0v) is 19.9. The molecule has 0 saturated carbocycles. The van der Waals surface area contributed by atoms with Crippen molar-refractivity contribution in [3.63, 3.8) is 0 Å². The number of ether oxygens (including phenoxy) is 2. The number of hydrogen-bond donors (Lipinski definition) is 0. The third-order valence-corrected chi connectivity index (χ3v) is 5.86. The smallest absolute Gasteiger partial charge is 0.302 e. The maximum Gasteiger partial charge on any atom is 0.302 e. The van der Waals surface area contributed by atoms with Crippen LogP contribution in [0.1, 0.15) is 43.0 Å². The van der Waals surface area contributed by atoms with Crippen molar-refractivity contribution in [2.75, 3.05) is 19.7 Å². The number of fused-ring (bicyclic) bond motifs is 1. The Labute approximate surface area is 199 Å². The van der Waals surface area contributed by atoms with E-state index in [2.05, 4.69) is 34.1 Å². The summed E-state index contributed by atoms with van der Waals surface area (Å²) in [6.07, 6.45) is 0.878. The molecule has 0 bridgehead atoms. The van der Waals surface area contributed by atoms with Gasteiger partial charge in [-0.05, 0) is 62.1 Å². The van der Waals surface area contributed by atoms with Gasteiger partial charge in [0.1, 0.15) is 18.4 Å². The molecule has 8 nitrogen and oxygen atoms in total. The van der Waals surface area contributed by atoms with Gasteiger partial charge in [-0.15, -0.1) is 0 Å². The van der Waals surface area contributed by atoms with Gasteiger partial charge in [0.05, 0.1) is 11.7 Å². The highest BCUT2D eigenvalue weighted by Crippen LogP contribution is 2.32. The van der Waals surface area contributed by atoms with E-state index in [1.807, 2.05) is 26.0 Å². The van der Waals surface area contributed by atoms with Crippen LogP contribution in [0.4, 0.5) is 0 Å². The van der Waals surface area contributed by atoms with E-state index in [1.165, 1.54) is 18.1 Å². The van der Waals surface area contributed by atoms with Crippen molar-refractivity contribution in [2.45, 2.75) is 46.8 Å². The van der Waals surface area contributed by atoms with Crippen LogP contribution in [0, 0.1) is 18.3 Å². The first-order valence-corrected chi connectivity index (χ1v) is 11.4. The van der Waals surface area contributed by atoms with Crippen LogP contribution >= 0.6 is 0 Å². The van der Waals surface area contributed by atoms with Gasteiger partial charge in [0.25, 0.3) is 5.89 Å². The summed E-state index contributed by atoms with van der Waals surface area (Å²) < 4.78 is 16.3. The van der Waals surface area contributed by atoms with E-state index in [4.69, 9.17) is 14.0 Å². The fourth-order valence-electron chi connectivity index (χ4n) is 4.21. The number of nitriles is 1. The molecule has 3 aromatic rings. The molecule has 1 aliphatic heterocycles. The van der Waals surface area contributed by atoms with Crippen LogP contribution in [0.15, 0.2) is 34.9 Å². The minimum absolute atomic E-state index is 0.0269. The highest BCUT2D eigenvalue weighted by molar-refractivity contribution is 5.67. The van der Waals surface area contributed by atoms with Crippen molar-refractivity contribution < 1.29 is 18.8 Å². The molecule has 1 aromatic heterocycles. The van der Waals surface area contributed by atoms with Gasteiger partial charge in [-0.2, -0.15) is 10.2 Å². The predicted octanol–water partition coefficient (Wildman–Crippen LogP) is 4.29. The highest BCUT2D eigenvalue weighted by atomic mass is 16.5. The summed E-state index contributed by atoms with van der Waals surface area (Å²) in [5.74, 6) is 1.17. The SMILES string of the molecule is CC(=O)OCCN1CCc2c(ccc(-c3noc(-c4ccc(OC(C)C)c(C#N)c4)n3)c2C)C1. The van der Waals surface area contributed by atoms with Gasteiger partial charge in [0.15, 0.2) is 0 Å². The van der Waals surface area contributed by atoms with Crippen LogP contribution in [0.5, 0.6) is 5.75 Å². The Balaban J connectivity index is 1.54. The van der Waals surface area contributed by atoms with Gasteiger partial charge < -0.3 is 14.0 Å². The van der Waals surface area contributed by atoms with Crippen molar-refractivity contribution in [1.82, 2.24) is 15.0 Å². The lowest BCUT2D eigenvalue weighted by atomic mass is 9.91. The molecule has 0 amide bonds. The average Bonchev–Trinajstić information content (AvgIpc) is 3.29. The molecule has 0 fully saturated rings. The quantitative estimate of drug-likeness (QED) is 0.481. The average molecular weight is 461 g/mol. The molecule has 8 heteroatoms. The lowest BCUT2D eigenvalue weighted by molar-refractivity contribution is -0.141. The maximum atomic E-state index is 11.0. The lowest BCUT2D eigenvalue weighted by Gasteiger charge is -2.30. The first-order chi connectivity index (χ1) is 16.4. The van der Waals surface area contributed by atoms with Crippen molar-refractivity contribution in [2.24, 2.45) is 0 Å². The van der Waals surface area contributed by atoms with Gasteiger partial charge in [-0.25, -0.2) is 0 Å². The normalized spacial score (nSPS) is 13.4. The Morgan fingerprint density at radius 1 is 1.29 bits per heavy atom. The molecule has 0 atom stereocenters. The molecule has 1 aliphatic rings. The first kappa shape index (κ1) is 23.5. The molecular formula is C26H28N4O4. The zero-order valence-electron chi connectivity index (χ0n) is 19.9. The zero-order chi connectivity index (χ0) is 24.2. The molecule has 0 radical (unpaired) electrons. The number of nitrogens with zero attached hydrogens (tertiary/aromatic N) is 4. The number of rotatable bonds is 7. The lowest BCUT2D eigenvalue weighted by Crippen LogP contribution is -2.34. The molecule has 4 rings (SSSR count). The van der Waals surface area contributed by atoms with E-state index in [-0.39, 0.29) is 12.1 Å². The second-order valence-corrected chi connectivity index (χ2v) is 8.65. The van der Waals surface area contributed by atoms with Crippen molar-refractivity contribution >= 4 is 5.97 Å². The molecule has 176 valence electrons. The van der Waals surface area contributed by atoms with Crippen LogP contribution in [-0.4, -0.2) is 46.8 Å². The van der Waals surface area contributed by atoms with E-state index >= 15 is 0 Å².